The third-order valence-electron chi connectivity index (χ3n) is 3.41. The summed E-state index contributed by atoms with van der Waals surface area (Å²) in [6.07, 6.45) is 0. The minimum Gasteiger partial charge on any atom is -0.496 e. The van der Waals surface area contributed by atoms with Crippen LogP contribution in [0.2, 0.25) is 5.02 Å². The van der Waals surface area contributed by atoms with Gasteiger partial charge >= 0.3 is 0 Å². The molecule has 2 aromatic carbocycles. The molecule has 0 saturated carbocycles. The zero-order valence-corrected chi connectivity index (χ0v) is 15.8. The maximum atomic E-state index is 12.3. The van der Waals surface area contributed by atoms with Crippen LogP contribution in [-0.4, -0.2) is 27.2 Å². The van der Waals surface area contributed by atoms with Crippen molar-refractivity contribution in [2.45, 2.75) is 6.54 Å². The van der Waals surface area contributed by atoms with E-state index in [2.05, 4.69) is 21.2 Å². The Morgan fingerprint density at radius 2 is 1.67 bits per heavy atom. The fourth-order valence-electron chi connectivity index (χ4n) is 2.12. The molecule has 0 aliphatic rings. The van der Waals surface area contributed by atoms with Crippen molar-refractivity contribution in [3.05, 3.63) is 51.0 Å². The van der Waals surface area contributed by atoms with Crippen LogP contribution in [0.3, 0.4) is 0 Å². The Morgan fingerprint density at radius 1 is 1.04 bits per heavy atom. The second-order valence-electron chi connectivity index (χ2n) is 4.83. The Balaban J connectivity index is 2.13. The van der Waals surface area contributed by atoms with E-state index in [0.29, 0.717) is 32.3 Å². The van der Waals surface area contributed by atoms with Crippen LogP contribution in [0.4, 0.5) is 0 Å². The highest BCUT2D eigenvalue weighted by atomic mass is 79.9. The van der Waals surface area contributed by atoms with E-state index < -0.39 is 0 Å². The number of ether oxygens (including phenoxy) is 3. The summed E-state index contributed by atoms with van der Waals surface area (Å²) in [4.78, 5) is 12.3. The van der Waals surface area contributed by atoms with E-state index in [-0.39, 0.29) is 12.5 Å². The number of carbonyl (C=O) groups is 1. The molecule has 24 heavy (non-hydrogen) atoms. The van der Waals surface area contributed by atoms with Gasteiger partial charge in [0.1, 0.15) is 5.75 Å². The SMILES string of the molecule is COc1ccc(C(=O)NCc2cc(OC)c(OC)cc2Cl)cc1Br. The fraction of sp³-hybridized carbons (Fsp3) is 0.235. The number of benzene rings is 2. The van der Waals surface area contributed by atoms with Gasteiger partial charge in [0.2, 0.25) is 0 Å². The van der Waals surface area contributed by atoms with Crippen molar-refractivity contribution >= 4 is 33.4 Å². The molecule has 0 unspecified atom stereocenters. The zero-order chi connectivity index (χ0) is 17.7. The predicted molar refractivity (Wildman–Crippen MR) is 96.4 cm³/mol. The van der Waals surface area contributed by atoms with Gasteiger partial charge in [0, 0.05) is 23.2 Å². The molecule has 1 N–H and O–H groups in total. The van der Waals surface area contributed by atoms with Crippen molar-refractivity contribution < 1.29 is 19.0 Å². The van der Waals surface area contributed by atoms with E-state index in [1.807, 2.05) is 0 Å². The normalized spacial score (nSPS) is 10.2. The quantitative estimate of drug-likeness (QED) is 0.774. The number of hydrogen-bond acceptors (Lipinski definition) is 4. The Morgan fingerprint density at radius 3 is 2.25 bits per heavy atom. The maximum Gasteiger partial charge on any atom is 0.251 e. The molecule has 5 nitrogen and oxygen atoms in total. The molecule has 0 fully saturated rings. The van der Waals surface area contributed by atoms with Gasteiger partial charge in [0.25, 0.3) is 5.91 Å². The van der Waals surface area contributed by atoms with E-state index in [9.17, 15) is 4.79 Å². The Hall–Kier alpha value is -1.92. The van der Waals surface area contributed by atoms with E-state index in [1.54, 1.807) is 44.6 Å². The molecule has 0 atom stereocenters. The zero-order valence-electron chi connectivity index (χ0n) is 13.5. The van der Waals surface area contributed by atoms with Crippen molar-refractivity contribution in [3.8, 4) is 17.2 Å². The topological polar surface area (TPSA) is 56.8 Å². The number of amides is 1. The first-order valence-electron chi connectivity index (χ1n) is 7.02. The highest BCUT2D eigenvalue weighted by molar-refractivity contribution is 9.10. The van der Waals surface area contributed by atoms with Crippen LogP contribution < -0.4 is 19.5 Å². The Kier molecular flexibility index (Phi) is 6.34. The largest absolute Gasteiger partial charge is 0.496 e. The lowest BCUT2D eigenvalue weighted by molar-refractivity contribution is 0.0951. The first-order valence-corrected chi connectivity index (χ1v) is 8.19. The van der Waals surface area contributed by atoms with E-state index >= 15 is 0 Å². The summed E-state index contributed by atoms with van der Waals surface area (Å²) in [6, 6.07) is 8.51. The molecule has 0 aliphatic carbocycles. The van der Waals surface area contributed by atoms with Gasteiger partial charge in [0.05, 0.1) is 25.8 Å². The van der Waals surface area contributed by atoms with Crippen LogP contribution in [0.15, 0.2) is 34.8 Å². The lowest BCUT2D eigenvalue weighted by Gasteiger charge is -2.12. The average molecular weight is 415 g/mol. The van der Waals surface area contributed by atoms with Crippen LogP contribution >= 0.6 is 27.5 Å². The molecular formula is C17H17BrClNO4. The number of methoxy groups -OCH3 is 3. The minimum atomic E-state index is -0.218. The van der Waals surface area contributed by atoms with Crippen molar-refractivity contribution in [2.24, 2.45) is 0 Å². The summed E-state index contributed by atoms with van der Waals surface area (Å²) >= 11 is 9.58. The monoisotopic (exact) mass is 413 g/mol. The molecule has 0 spiro atoms. The summed E-state index contributed by atoms with van der Waals surface area (Å²) in [5.41, 5.74) is 1.24. The third-order valence-corrected chi connectivity index (χ3v) is 4.38. The molecule has 0 saturated heterocycles. The van der Waals surface area contributed by atoms with Crippen LogP contribution in [0.5, 0.6) is 17.2 Å². The maximum absolute atomic E-state index is 12.3. The van der Waals surface area contributed by atoms with Gasteiger partial charge in [-0.15, -0.1) is 0 Å². The highest BCUT2D eigenvalue weighted by Gasteiger charge is 2.12. The summed E-state index contributed by atoms with van der Waals surface area (Å²) in [7, 11) is 4.65. The summed E-state index contributed by atoms with van der Waals surface area (Å²) in [6.45, 7) is 0.266. The molecule has 0 aliphatic heterocycles. The molecule has 0 bridgehead atoms. The Labute approximate surface area is 154 Å². The van der Waals surface area contributed by atoms with Crippen molar-refractivity contribution in [3.63, 3.8) is 0 Å². The Bertz CT molecular complexity index is 752. The predicted octanol–water partition coefficient (Wildman–Crippen LogP) is 4.06. The number of halogens is 2. The highest BCUT2D eigenvalue weighted by Crippen LogP contribution is 2.33. The molecule has 0 aromatic heterocycles. The molecule has 2 aromatic rings. The summed E-state index contributed by atoms with van der Waals surface area (Å²) in [5.74, 6) is 1.54. The van der Waals surface area contributed by atoms with Crippen LogP contribution in [0.25, 0.3) is 0 Å². The lowest BCUT2D eigenvalue weighted by Crippen LogP contribution is -2.23. The van der Waals surface area contributed by atoms with Gasteiger partial charge in [-0.2, -0.15) is 0 Å². The van der Waals surface area contributed by atoms with Crippen LogP contribution in [0, 0.1) is 0 Å². The van der Waals surface area contributed by atoms with Crippen LogP contribution in [-0.2, 0) is 6.54 Å². The van der Waals surface area contributed by atoms with Gasteiger partial charge in [-0.1, -0.05) is 11.6 Å². The van der Waals surface area contributed by atoms with Gasteiger partial charge in [0.15, 0.2) is 11.5 Å². The molecular weight excluding hydrogens is 398 g/mol. The average Bonchev–Trinajstić information content (AvgIpc) is 2.59. The first kappa shape index (κ1) is 18.4. The van der Waals surface area contributed by atoms with Crippen LogP contribution in [0.1, 0.15) is 15.9 Å². The summed E-state index contributed by atoms with van der Waals surface area (Å²) in [5, 5.41) is 3.32. The molecule has 1 amide bonds. The van der Waals surface area contributed by atoms with Crippen molar-refractivity contribution in [1.29, 1.82) is 0 Å². The molecule has 0 heterocycles. The standard InChI is InChI=1S/C17H17BrClNO4/c1-22-14-5-4-10(6-12(14)18)17(21)20-9-11-7-15(23-2)16(24-3)8-13(11)19/h4-8H,9H2,1-3H3,(H,20,21). The van der Waals surface area contributed by atoms with E-state index in [1.165, 1.54) is 7.11 Å². The number of hydrogen-bond donors (Lipinski definition) is 1. The van der Waals surface area contributed by atoms with Crippen molar-refractivity contribution in [2.75, 3.05) is 21.3 Å². The van der Waals surface area contributed by atoms with E-state index in [4.69, 9.17) is 25.8 Å². The molecule has 0 radical (unpaired) electrons. The van der Waals surface area contributed by atoms with Gasteiger partial charge < -0.3 is 19.5 Å². The fourth-order valence-corrected chi connectivity index (χ4v) is 2.88. The van der Waals surface area contributed by atoms with Gasteiger partial charge in [-0.05, 0) is 45.8 Å². The van der Waals surface area contributed by atoms with E-state index in [0.717, 1.165) is 5.56 Å². The number of nitrogens with one attached hydrogen (secondary N) is 1. The molecule has 128 valence electrons. The van der Waals surface area contributed by atoms with Crippen molar-refractivity contribution in [1.82, 2.24) is 5.32 Å². The third kappa shape index (κ3) is 4.13. The lowest BCUT2D eigenvalue weighted by atomic mass is 10.1. The minimum absolute atomic E-state index is 0.218. The number of carbonyl (C=O) groups excluding carboxylic acids is 1. The second-order valence-corrected chi connectivity index (χ2v) is 6.09. The smallest absolute Gasteiger partial charge is 0.251 e. The van der Waals surface area contributed by atoms with Gasteiger partial charge in [-0.3, -0.25) is 4.79 Å². The molecule has 7 heteroatoms. The summed E-state index contributed by atoms with van der Waals surface area (Å²) < 4.78 is 16.3. The number of rotatable bonds is 6. The van der Waals surface area contributed by atoms with Gasteiger partial charge in [-0.25, -0.2) is 0 Å². The first-order chi connectivity index (χ1) is 11.5. The second kappa shape index (κ2) is 8.26. The molecule has 2 rings (SSSR count).